The number of carbonyl (C=O) groups excluding carboxylic acids is 1. The van der Waals surface area contributed by atoms with Crippen molar-refractivity contribution in [1.82, 2.24) is 10.3 Å². The molecule has 122 valence electrons. The van der Waals surface area contributed by atoms with Crippen LogP contribution in [0.2, 0.25) is 0 Å². The predicted octanol–water partition coefficient (Wildman–Crippen LogP) is 3.78. The molecule has 23 heavy (non-hydrogen) atoms. The van der Waals surface area contributed by atoms with Crippen LogP contribution < -0.4 is 5.32 Å². The zero-order valence-corrected chi connectivity index (χ0v) is 13.4. The maximum atomic E-state index is 12.7. The van der Waals surface area contributed by atoms with Gasteiger partial charge in [0.15, 0.2) is 0 Å². The van der Waals surface area contributed by atoms with Crippen LogP contribution in [-0.2, 0) is 4.74 Å². The van der Waals surface area contributed by atoms with Crippen molar-refractivity contribution in [3.63, 3.8) is 0 Å². The zero-order chi connectivity index (χ0) is 15.7. The molecule has 1 aliphatic carbocycles. The number of aromatic nitrogens is 1. The van der Waals surface area contributed by atoms with Gasteiger partial charge in [0.05, 0.1) is 5.60 Å². The third-order valence-electron chi connectivity index (χ3n) is 5.43. The fourth-order valence-electron chi connectivity index (χ4n) is 4.24. The minimum absolute atomic E-state index is 0.0224. The quantitative estimate of drug-likeness (QED) is 0.886. The molecule has 1 atom stereocenters. The Kier molecular flexibility index (Phi) is 3.85. The molecule has 2 heterocycles. The number of hydrogen-bond donors (Lipinski definition) is 2. The first-order chi connectivity index (χ1) is 11.3. The Hall–Kier alpha value is -1.81. The molecule has 1 spiro atoms. The van der Waals surface area contributed by atoms with Crippen molar-refractivity contribution in [2.45, 2.75) is 56.6 Å². The highest BCUT2D eigenvalue weighted by molar-refractivity contribution is 6.06. The Balaban J connectivity index is 1.49. The molecule has 2 aliphatic rings. The van der Waals surface area contributed by atoms with Gasteiger partial charge in [0.25, 0.3) is 5.91 Å². The molecular formula is C19H24N2O2. The van der Waals surface area contributed by atoms with Crippen LogP contribution in [0, 0.1) is 0 Å². The van der Waals surface area contributed by atoms with Gasteiger partial charge in [-0.2, -0.15) is 0 Å². The fraction of sp³-hybridized carbons (Fsp3) is 0.526. The van der Waals surface area contributed by atoms with Gasteiger partial charge in [-0.25, -0.2) is 0 Å². The normalized spacial score (nSPS) is 23.9. The standard InChI is InChI=1S/C19H24N2O2/c22-18(16-5-4-6-17-15(16)7-11-20-17)21-14-8-12-23-19(13-14)9-2-1-3-10-19/h4-7,11,14,20H,1-3,8-10,12-13H2,(H,21,22)/t14-/m1/s1. The third kappa shape index (κ3) is 2.88. The number of hydrogen-bond acceptors (Lipinski definition) is 2. The highest BCUT2D eigenvalue weighted by atomic mass is 16.5. The Morgan fingerprint density at radius 1 is 1.22 bits per heavy atom. The summed E-state index contributed by atoms with van der Waals surface area (Å²) >= 11 is 0. The molecule has 1 saturated heterocycles. The summed E-state index contributed by atoms with van der Waals surface area (Å²) in [5.74, 6) is 0.0352. The number of benzene rings is 1. The van der Waals surface area contributed by atoms with Crippen molar-refractivity contribution in [2.24, 2.45) is 0 Å². The van der Waals surface area contributed by atoms with Gasteiger partial charge in [-0.3, -0.25) is 4.79 Å². The second-order valence-corrected chi connectivity index (χ2v) is 7.00. The molecule has 4 rings (SSSR count). The summed E-state index contributed by atoms with van der Waals surface area (Å²) in [6.07, 6.45) is 9.87. The zero-order valence-electron chi connectivity index (χ0n) is 13.4. The SMILES string of the molecule is O=C(N[C@@H]1CCOC2(CCCCC2)C1)c1cccc2[nH]ccc12. The van der Waals surface area contributed by atoms with Crippen molar-refractivity contribution in [3.05, 3.63) is 36.0 Å². The lowest BCUT2D eigenvalue weighted by atomic mass is 9.78. The summed E-state index contributed by atoms with van der Waals surface area (Å²) in [6.45, 7) is 0.763. The number of ether oxygens (including phenoxy) is 1. The fourth-order valence-corrected chi connectivity index (χ4v) is 4.24. The average Bonchev–Trinajstić information content (AvgIpc) is 3.04. The van der Waals surface area contributed by atoms with Gasteiger partial charge in [0.2, 0.25) is 0 Å². The molecule has 4 nitrogen and oxygen atoms in total. The van der Waals surface area contributed by atoms with E-state index in [2.05, 4.69) is 10.3 Å². The second kappa shape index (κ2) is 6.00. The van der Waals surface area contributed by atoms with E-state index in [1.807, 2.05) is 30.5 Å². The van der Waals surface area contributed by atoms with Crippen molar-refractivity contribution in [3.8, 4) is 0 Å². The van der Waals surface area contributed by atoms with Crippen molar-refractivity contribution in [2.75, 3.05) is 6.61 Å². The van der Waals surface area contributed by atoms with Gasteiger partial charge in [-0.15, -0.1) is 0 Å². The minimum Gasteiger partial charge on any atom is -0.375 e. The molecule has 1 aromatic heterocycles. The maximum absolute atomic E-state index is 12.7. The van der Waals surface area contributed by atoms with Crippen molar-refractivity contribution < 1.29 is 9.53 Å². The predicted molar refractivity (Wildman–Crippen MR) is 90.6 cm³/mol. The number of carbonyl (C=O) groups is 1. The Labute approximate surface area is 136 Å². The van der Waals surface area contributed by atoms with Crippen molar-refractivity contribution >= 4 is 16.8 Å². The van der Waals surface area contributed by atoms with Crippen LogP contribution >= 0.6 is 0 Å². The topological polar surface area (TPSA) is 54.1 Å². The molecule has 1 aromatic carbocycles. The van der Waals surface area contributed by atoms with Gasteiger partial charge in [-0.1, -0.05) is 25.3 Å². The van der Waals surface area contributed by atoms with E-state index in [4.69, 9.17) is 4.74 Å². The van der Waals surface area contributed by atoms with E-state index in [1.54, 1.807) is 0 Å². The highest BCUT2D eigenvalue weighted by Gasteiger charge is 2.38. The number of amides is 1. The monoisotopic (exact) mass is 312 g/mol. The lowest BCUT2D eigenvalue weighted by molar-refractivity contribution is -0.107. The summed E-state index contributed by atoms with van der Waals surface area (Å²) < 4.78 is 6.13. The molecule has 1 amide bonds. The van der Waals surface area contributed by atoms with Crippen LogP contribution in [0.1, 0.15) is 55.3 Å². The molecule has 2 aromatic rings. The van der Waals surface area contributed by atoms with E-state index in [0.717, 1.165) is 48.8 Å². The maximum Gasteiger partial charge on any atom is 0.252 e. The van der Waals surface area contributed by atoms with Gasteiger partial charge >= 0.3 is 0 Å². The highest BCUT2D eigenvalue weighted by Crippen LogP contribution is 2.38. The lowest BCUT2D eigenvalue weighted by Crippen LogP contribution is -2.49. The molecule has 4 heteroatoms. The minimum atomic E-state index is 0.0224. The molecule has 2 fully saturated rings. The molecule has 2 N–H and O–H groups in total. The van der Waals surface area contributed by atoms with E-state index in [9.17, 15) is 4.79 Å². The van der Waals surface area contributed by atoms with Crippen LogP contribution in [0.4, 0.5) is 0 Å². The van der Waals surface area contributed by atoms with E-state index >= 15 is 0 Å². The summed E-state index contributed by atoms with van der Waals surface area (Å²) in [4.78, 5) is 15.9. The number of aromatic amines is 1. The van der Waals surface area contributed by atoms with Gasteiger partial charge in [0.1, 0.15) is 0 Å². The van der Waals surface area contributed by atoms with Crippen LogP contribution in [0.5, 0.6) is 0 Å². The van der Waals surface area contributed by atoms with Gasteiger partial charge in [-0.05, 0) is 43.9 Å². The third-order valence-corrected chi connectivity index (χ3v) is 5.43. The number of H-pyrrole nitrogens is 1. The first kappa shape index (κ1) is 14.8. The average molecular weight is 312 g/mol. The Morgan fingerprint density at radius 2 is 2.09 bits per heavy atom. The molecule has 0 radical (unpaired) electrons. The Morgan fingerprint density at radius 3 is 2.96 bits per heavy atom. The van der Waals surface area contributed by atoms with E-state index < -0.39 is 0 Å². The first-order valence-corrected chi connectivity index (χ1v) is 8.77. The lowest BCUT2D eigenvalue weighted by Gasteiger charge is -2.43. The number of fused-ring (bicyclic) bond motifs is 1. The number of rotatable bonds is 2. The summed E-state index contributed by atoms with van der Waals surface area (Å²) in [7, 11) is 0. The smallest absolute Gasteiger partial charge is 0.252 e. The van der Waals surface area contributed by atoms with E-state index in [0.29, 0.717) is 0 Å². The van der Waals surface area contributed by atoms with Crippen LogP contribution in [0.25, 0.3) is 10.9 Å². The molecule has 0 unspecified atom stereocenters. The van der Waals surface area contributed by atoms with Crippen LogP contribution in [0.3, 0.4) is 0 Å². The molecule has 0 bridgehead atoms. The summed E-state index contributed by atoms with van der Waals surface area (Å²) in [5.41, 5.74) is 1.79. The second-order valence-electron chi connectivity index (χ2n) is 7.00. The first-order valence-electron chi connectivity index (χ1n) is 8.77. The summed E-state index contributed by atoms with van der Waals surface area (Å²) in [5, 5.41) is 4.25. The largest absolute Gasteiger partial charge is 0.375 e. The molecular weight excluding hydrogens is 288 g/mol. The number of nitrogens with one attached hydrogen (secondary N) is 2. The Bertz CT molecular complexity index is 695. The van der Waals surface area contributed by atoms with Crippen LogP contribution in [0.15, 0.2) is 30.5 Å². The molecule has 1 saturated carbocycles. The van der Waals surface area contributed by atoms with Gasteiger partial charge in [0, 0.05) is 35.3 Å². The van der Waals surface area contributed by atoms with E-state index in [1.165, 1.54) is 19.3 Å². The molecule has 1 aliphatic heterocycles. The van der Waals surface area contributed by atoms with Gasteiger partial charge < -0.3 is 15.0 Å². The van der Waals surface area contributed by atoms with Crippen LogP contribution in [-0.4, -0.2) is 29.1 Å². The summed E-state index contributed by atoms with van der Waals surface area (Å²) in [6, 6.07) is 8.03. The van der Waals surface area contributed by atoms with Crippen molar-refractivity contribution in [1.29, 1.82) is 0 Å². The van der Waals surface area contributed by atoms with E-state index in [-0.39, 0.29) is 17.6 Å².